The number of benzene rings is 2. The molecule has 43 heavy (non-hydrogen) atoms. The van der Waals surface area contributed by atoms with Crippen LogP contribution in [0.1, 0.15) is 12.0 Å². The molecule has 1 aliphatic heterocycles. The van der Waals surface area contributed by atoms with Gasteiger partial charge < -0.3 is 24.4 Å². The summed E-state index contributed by atoms with van der Waals surface area (Å²) in [6.07, 6.45) is 2.71. The summed E-state index contributed by atoms with van der Waals surface area (Å²) in [6, 6.07) is 10.4. The lowest BCUT2D eigenvalue weighted by Gasteiger charge is -2.45. The number of aromatic nitrogens is 6. The number of halogens is 2. The first-order chi connectivity index (χ1) is 20.5. The molecular formula is C27H23B3F2N8O3. The minimum atomic E-state index is -3.32. The van der Waals surface area contributed by atoms with Crippen molar-refractivity contribution in [1.29, 1.82) is 0 Å². The summed E-state index contributed by atoms with van der Waals surface area (Å²) >= 11 is 0. The summed E-state index contributed by atoms with van der Waals surface area (Å²) in [4.78, 5) is 18.2. The molecule has 5 aromatic rings. The van der Waals surface area contributed by atoms with Crippen LogP contribution >= 0.6 is 0 Å². The summed E-state index contributed by atoms with van der Waals surface area (Å²) in [7, 11) is 18.4. The highest BCUT2D eigenvalue weighted by Crippen LogP contribution is 2.42. The number of likely N-dealkylation sites (tertiary alicyclic amines) is 1. The van der Waals surface area contributed by atoms with Crippen molar-refractivity contribution in [3.8, 4) is 23.1 Å². The Bertz CT molecular complexity index is 1800. The number of nitrogens with one attached hydrogen (secondary N) is 1. The summed E-state index contributed by atoms with van der Waals surface area (Å²) in [5, 5.41) is 5.77. The predicted octanol–water partition coefficient (Wildman–Crippen LogP) is 3.13. The summed E-state index contributed by atoms with van der Waals surface area (Å²) in [5.41, 5.74) is 2.51. The molecule has 2 aromatic carbocycles. The van der Waals surface area contributed by atoms with E-state index in [4.69, 9.17) is 37.7 Å². The fraction of sp³-hybridized carbons (Fsp3) is 0.296. The van der Waals surface area contributed by atoms with Crippen molar-refractivity contribution in [2.45, 2.75) is 30.6 Å². The van der Waals surface area contributed by atoms with Crippen molar-refractivity contribution >= 4 is 51.6 Å². The van der Waals surface area contributed by atoms with E-state index in [1.165, 1.54) is 30.6 Å². The molecule has 0 saturated carbocycles. The Morgan fingerprint density at radius 3 is 2.58 bits per heavy atom. The monoisotopic (exact) mass is 578 g/mol. The molecule has 1 N–H and O–H groups in total. The third kappa shape index (κ3) is 5.79. The molecule has 0 aliphatic carbocycles. The highest BCUT2D eigenvalue weighted by Gasteiger charge is 2.48. The van der Waals surface area contributed by atoms with E-state index in [2.05, 4.69) is 30.4 Å². The Balaban J connectivity index is 1.29. The van der Waals surface area contributed by atoms with Gasteiger partial charge in [-0.2, -0.15) is 5.10 Å². The molecule has 16 heteroatoms. The molecule has 0 amide bonds. The quantitative estimate of drug-likeness (QED) is 0.276. The van der Waals surface area contributed by atoms with Gasteiger partial charge in [-0.15, -0.1) is 0 Å². The second kappa shape index (κ2) is 11.0. The number of hydrogen-bond donors (Lipinski definition) is 1. The predicted molar refractivity (Wildman–Crippen MR) is 157 cm³/mol. The van der Waals surface area contributed by atoms with Crippen molar-refractivity contribution in [2.24, 2.45) is 0 Å². The van der Waals surface area contributed by atoms with Gasteiger partial charge in [-0.05, 0) is 42.8 Å². The SMILES string of the molecule is [B]C([B])([B])N1CCC(Oc2c(OC)ccc3ncnc(Nc4ccc(Oc5cc6ncnn6cn5)c(C)c4)c23)C(F)(F)C1. The number of alkyl halides is 2. The second-order valence-corrected chi connectivity index (χ2v) is 10.2. The van der Waals surface area contributed by atoms with Crippen LogP contribution in [-0.2, 0) is 0 Å². The van der Waals surface area contributed by atoms with E-state index in [9.17, 15) is 0 Å². The Morgan fingerprint density at radius 1 is 1.02 bits per heavy atom. The minimum absolute atomic E-state index is 0.0763. The standard InChI is InChI=1S/C27H23B3F2N8O3/c1-15-9-16(3-5-18(15)42-22-10-21-34-13-37-40(21)14-36-22)38-25-23-17(33-12-35-25)4-6-19(41-2)24(23)43-20-7-8-39(27(28,29)30)11-26(20,31)32/h3-6,9-10,12-14,20H,7-8,11H2,1-2H3,(H,33,35,38). The molecule has 6 radical (unpaired) electrons. The van der Waals surface area contributed by atoms with Crippen molar-refractivity contribution in [1.82, 2.24) is 34.4 Å². The fourth-order valence-corrected chi connectivity index (χ4v) is 4.87. The number of methoxy groups -OCH3 is 1. The van der Waals surface area contributed by atoms with Gasteiger partial charge in [-0.1, -0.05) is 5.24 Å². The Hall–Kier alpha value is -4.46. The normalized spacial score (nSPS) is 17.2. The van der Waals surface area contributed by atoms with Gasteiger partial charge in [0.2, 0.25) is 5.88 Å². The number of rotatable bonds is 8. The lowest BCUT2D eigenvalue weighted by atomic mass is 9.48. The van der Waals surface area contributed by atoms with Crippen molar-refractivity contribution in [2.75, 3.05) is 25.5 Å². The van der Waals surface area contributed by atoms with Gasteiger partial charge in [0.15, 0.2) is 23.3 Å². The van der Waals surface area contributed by atoms with Crippen LogP contribution in [0.5, 0.6) is 23.1 Å². The zero-order valence-electron chi connectivity index (χ0n) is 23.2. The third-order valence-electron chi connectivity index (χ3n) is 7.08. The van der Waals surface area contributed by atoms with Gasteiger partial charge in [0, 0.05) is 24.7 Å². The van der Waals surface area contributed by atoms with Crippen LogP contribution in [0.3, 0.4) is 0 Å². The van der Waals surface area contributed by atoms with E-state index in [1.54, 1.807) is 30.3 Å². The number of hydrogen-bond acceptors (Lipinski definition) is 10. The average molecular weight is 578 g/mol. The first-order valence-electron chi connectivity index (χ1n) is 13.2. The number of anilines is 2. The molecule has 0 spiro atoms. The highest BCUT2D eigenvalue weighted by atomic mass is 19.3. The zero-order valence-corrected chi connectivity index (χ0v) is 23.2. The number of ether oxygens (including phenoxy) is 3. The second-order valence-electron chi connectivity index (χ2n) is 10.2. The number of piperidine rings is 1. The molecule has 0 bridgehead atoms. The van der Waals surface area contributed by atoms with Gasteiger partial charge in [-0.3, -0.25) is 0 Å². The van der Waals surface area contributed by atoms with Gasteiger partial charge in [-0.25, -0.2) is 33.2 Å². The van der Waals surface area contributed by atoms with Gasteiger partial charge >= 0.3 is 0 Å². The van der Waals surface area contributed by atoms with E-state index in [1.807, 2.05) is 13.0 Å². The molecule has 212 valence electrons. The number of aryl methyl sites for hydroxylation is 1. The van der Waals surface area contributed by atoms with E-state index in [-0.39, 0.29) is 24.5 Å². The maximum atomic E-state index is 15.3. The smallest absolute Gasteiger partial charge is 0.296 e. The fourth-order valence-electron chi connectivity index (χ4n) is 4.87. The van der Waals surface area contributed by atoms with Crippen LogP contribution in [0.4, 0.5) is 20.3 Å². The first-order valence-corrected chi connectivity index (χ1v) is 13.2. The Labute approximate surface area is 249 Å². The Morgan fingerprint density at radius 2 is 1.84 bits per heavy atom. The molecule has 4 heterocycles. The molecule has 1 fully saturated rings. The van der Waals surface area contributed by atoms with Crippen LogP contribution in [0.25, 0.3) is 16.6 Å². The molecule has 1 saturated heterocycles. The molecular weight excluding hydrogens is 555 g/mol. The zero-order chi connectivity index (χ0) is 30.4. The highest BCUT2D eigenvalue weighted by molar-refractivity contribution is 6.59. The van der Waals surface area contributed by atoms with E-state index in [0.717, 1.165) is 10.5 Å². The molecule has 3 aromatic heterocycles. The molecule has 1 unspecified atom stereocenters. The molecule has 1 atom stereocenters. The van der Waals surface area contributed by atoms with Crippen molar-refractivity contribution < 1.29 is 23.0 Å². The lowest BCUT2D eigenvalue weighted by molar-refractivity contribution is -0.140. The molecule has 6 rings (SSSR count). The third-order valence-corrected chi connectivity index (χ3v) is 7.08. The average Bonchev–Trinajstić information content (AvgIpc) is 3.43. The van der Waals surface area contributed by atoms with Gasteiger partial charge in [0.05, 0.1) is 48.1 Å². The summed E-state index contributed by atoms with van der Waals surface area (Å²) in [5.74, 6) is -1.74. The van der Waals surface area contributed by atoms with Gasteiger partial charge in [0.1, 0.15) is 30.5 Å². The first kappa shape index (κ1) is 28.7. The number of fused-ring (bicyclic) bond motifs is 2. The van der Waals surface area contributed by atoms with E-state index in [0.29, 0.717) is 39.7 Å². The number of nitrogens with zero attached hydrogens (tertiary/aromatic N) is 7. The van der Waals surface area contributed by atoms with Gasteiger partial charge in [0.25, 0.3) is 5.92 Å². The van der Waals surface area contributed by atoms with Crippen LogP contribution in [0.15, 0.2) is 55.4 Å². The Kier molecular flexibility index (Phi) is 7.32. The van der Waals surface area contributed by atoms with E-state index >= 15 is 8.78 Å². The molecule has 11 nitrogen and oxygen atoms in total. The maximum absolute atomic E-state index is 15.3. The largest absolute Gasteiger partial charge is 0.493 e. The van der Waals surface area contributed by atoms with Crippen LogP contribution in [0.2, 0.25) is 0 Å². The van der Waals surface area contributed by atoms with Crippen LogP contribution in [0, 0.1) is 6.92 Å². The maximum Gasteiger partial charge on any atom is 0.296 e. The topological polar surface area (TPSA) is 112 Å². The minimum Gasteiger partial charge on any atom is -0.493 e. The lowest BCUT2D eigenvalue weighted by Crippen LogP contribution is -2.62. The van der Waals surface area contributed by atoms with Crippen LogP contribution in [-0.4, -0.2) is 95.5 Å². The molecule has 1 aliphatic rings. The van der Waals surface area contributed by atoms with Crippen molar-refractivity contribution in [3.63, 3.8) is 0 Å². The summed E-state index contributed by atoms with van der Waals surface area (Å²) in [6.45, 7) is 1.21. The van der Waals surface area contributed by atoms with Crippen molar-refractivity contribution in [3.05, 3.63) is 60.9 Å². The summed E-state index contributed by atoms with van der Waals surface area (Å²) < 4.78 is 49.5. The van der Waals surface area contributed by atoms with E-state index < -0.39 is 23.8 Å². The van der Waals surface area contributed by atoms with Crippen LogP contribution < -0.4 is 19.5 Å².